The number of hydrogen-bond donors (Lipinski definition) is 3. The predicted octanol–water partition coefficient (Wildman–Crippen LogP) is 2.12. The normalized spacial score (nSPS) is 11.5. The Labute approximate surface area is 110 Å². The van der Waals surface area contributed by atoms with E-state index in [1.807, 2.05) is 38.1 Å². The fourth-order valence-corrected chi connectivity index (χ4v) is 1.76. The standard InChI is InChI=1S/C14H16N2O3/c1-14(2,8-17)16-12-10-6-4-3-5-9(10)7-11(15-12)13(18)19/h3-7,17H,8H2,1-2H3,(H,15,16)(H,18,19). The van der Waals surface area contributed by atoms with Gasteiger partial charge in [-0.3, -0.25) is 0 Å². The van der Waals surface area contributed by atoms with E-state index in [1.165, 1.54) is 6.07 Å². The Morgan fingerprint density at radius 1 is 1.37 bits per heavy atom. The molecule has 2 aromatic rings. The van der Waals surface area contributed by atoms with Crippen molar-refractivity contribution in [3.05, 3.63) is 36.0 Å². The maximum Gasteiger partial charge on any atom is 0.354 e. The second kappa shape index (κ2) is 4.85. The van der Waals surface area contributed by atoms with Gasteiger partial charge in [-0.2, -0.15) is 0 Å². The molecular weight excluding hydrogens is 244 g/mol. The number of aromatic carboxylic acids is 1. The van der Waals surface area contributed by atoms with Crippen molar-refractivity contribution in [2.75, 3.05) is 11.9 Å². The summed E-state index contributed by atoms with van der Waals surface area (Å²) < 4.78 is 0. The molecule has 1 heterocycles. The molecule has 5 nitrogen and oxygen atoms in total. The summed E-state index contributed by atoms with van der Waals surface area (Å²) in [5.74, 6) is -0.606. The Morgan fingerprint density at radius 2 is 2.05 bits per heavy atom. The number of hydrogen-bond acceptors (Lipinski definition) is 4. The lowest BCUT2D eigenvalue weighted by atomic mass is 10.1. The second-order valence-corrected chi connectivity index (χ2v) is 5.05. The van der Waals surface area contributed by atoms with Crippen LogP contribution >= 0.6 is 0 Å². The van der Waals surface area contributed by atoms with Crippen LogP contribution in [0, 0.1) is 0 Å². The smallest absolute Gasteiger partial charge is 0.354 e. The van der Waals surface area contributed by atoms with Gasteiger partial charge in [0.2, 0.25) is 0 Å². The van der Waals surface area contributed by atoms with Gasteiger partial charge in [0.25, 0.3) is 0 Å². The van der Waals surface area contributed by atoms with Crippen LogP contribution in [-0.4, -0.2) is 33.3 Å². The Balaban J connectivity index is 2.60. The van der Waals surface area contributed by atoms with Gasteiger partial charge in [-0.05, 0) is 25.3 Å². The highest BCUT2D eigenvalue weighted by atomic mass is 16.4. The number of carboxylic acids is 1. The number of carbonyl (C=O) groups is 1. The van der Waals surface area contributed by atoms with Gasteiger partial charge in [-0.1, -0.05) is 24.3 Å². The number of anilines is 1. The van der Waals surface area contributed by atoms with Crippen LogP contribution in [0.3, 0.4) is 0 Å². The molecule has 0 saturated carbocycles. The quantitative estimate of drug-likeness (QED) is 0.784. The summed E-state index contributed by atoms with van der Waals surface area (Å²) in [6, 6.07) is 8.94. The molecule has 1 aromatic carbocycles. The molecule has 0 fully saturated rings. The summed E-state index contributed by atoms with van der Waals surface area (Å²) in [5.41, 5.74) is -0.595. The zero-order valence-electron chi connectivity index (χ0n) is 10.8. The van der Waals surface area contributed by atoms with E-state index < -0.39 is 11.5 Å². The van der Waals surface area contributed by atoms with E-state index in [1.54, 1.807) is 0 Å². The number of aromatic nitrogens is 1. The molecular formula is C14H16N2O3. The Morgan fingerprint density at radius 3 is 2.68 bits per heavy atom. The van der Waals surface area contributed by atoms with E-state index in [-0.39, 0.29) is 12.3 Å². The van der Waals surface area contributed by atoms with Gasteiger partial charge in [0.05, 0.1) is 12.1 Å². The molecule has 0 unspecified atom stereocenters. The molecule has 100 valence electrons. The van der Waals surface area contributed by atoms with Crippen LogP contribution < -0.4 is 5.32 Å². The fraction of sp³-hybridized carbons (Fsp3) is 0.286. The van der Waals surface area contributed by atoms with Gasteiger partial charge >= 0.3 is 5.97 Å². The summed E-state index contributed by atoms with van der Waals surface area (Å²) in [4.78, 5) is 15.2. The van der Waals surface area contributed by atoms with E-state index in [4.69, 9.17) is 5.11 Å². The highest BCUT2D eigenvalue weighted by molar-refractivity contribution is 5.97. The lowest BCUT2D eigenvalue weighted by molar-refractivity contribution is 0.0691. The first-order valence-electron chi connectivity index (χ1n) is 5.95. The number of benzene rings is 1. The minimum atomic E-state index is -1.07. The lowest BCUT2D eigenvalue weighted by Gasteiger charge is -2.25. The summed E-state index contributed by atoms with van der Waals surface area (Å²) in [6.45, 7) is 3.55. The first kappa shape index (κ1) is 13.3. The molecule has 0 bridgehead atoms. The van der Waals surface area contributed by atoms with Gasteiger partial charge in [-0.25, -0.2) is 9.78 Å². The van der Waals surface area contributed by atoms with Crippen molar-refractivity contribution < 1.29 is 15.0 Å². The first-order valence-corrected chi connectivity index (χ1v) is 5.95. The van der Waals surface area contributed by atoms with Crippen LogP contribution in [-0.2, 0) is 0 Å². The third-order valence-corrected chi connectivity index (χ3v) is 2.81. The summed E-state index contributed by atoms with van der Waals surface area (Å²) in [7, 11) is 0. The summed E-state index contributed by atoms with van der Waals surface area (Å²) in [6.07, 6.45) is 0. The van der Waals surface area contributed by atoms with Gasteiger partial charge in [-0.15, -0.1) is 0 Å². The largest absolute Gasteiger partial charge is 0.477 e. The number of pyridine rings is 1. The molecule has 0 amide bonds. The highest BCUT2D eigenvalue weighted by Gasteiger charge is 2.19. The van der Waals surface area contributed by atoms with E-state index in [9.17, 15) is 9.90 Å². The van der Waals surface area contributed by atoms with Gasteiger partial charge in [0.1, 0.15) is 5.82 Å². The van der Waals surface area contributed by atoms with E-state index in [2.05, 4.69) is 10.3 Å². The Hall–Kier alpha value is -2.14. The topological polar surface area (TPSA) is 82.5 Å². The first-order chi connectivity index (χ1) is 8.93. The molecule has 0 aliphatic heterocycles. The monoisotopic (exact) mass is 260 g/mol. The third kappa shape index (κ3) is 2.82. The minimum absolute atomic E-state index is 0.0186. The van der Waals surface area contributed by atoms with E-state index >= 15 is 0 Å². The fourth-order valence-electron chi connectivity index (χ4n) is 1.76. The van der Waals surface area contributed by atoms with Gasteiger partial charge in [0.15, 0.2) is 5.69 Å². The van der Waals surface area contributed by atoms with Crippen LogP contribution in [0.2, 0.25) is 0 Å². The van der Waals surface area contributed by atoms with Crippen molar-refractivity contribution in [3.63, 3.8) is 0 Å². The van der Waals surface area contributed by atoms with Crippen molar-refractivity contribution in [1.29, 1.82) is 0 Å². The Bertz CT molecular complexity index is 623. The maximum atomic E-state index is 11.1. The second-order valence-electron chi connectivity index (χ2n) is 5.05. The van der Waals surface area contributed by atoms with Gasteiger partial charge in [0, 0.05) is 5.39 Å². The maximum absolute atomic E-state index is 11.1. The van der Waals surface area contributed by atoms with Crippen molar-refractivity contribution in [2.45, 2.75) is 19.4 Å². The number of aliphatic hydroxyl groups is 1. The average molecular weight is 260 g/mol. The van der Waals surface area contributed by atoms with Crippen LogP contribution in [0.15, 0.2) is 30.3 Å². The number of rotatable bonds is 4. The number of nitrogens with zero attached hydrogens (tertiary/aromatic N) is 1. The number of carboxylic acid groups (broad SMARTS) is 1. The molecule has 1 aromatic heterocycles. The molecule has 0 saturated heterocycles. The summed E-state index contributed by atoms with van der Waals surface area (Å²) >= 11 is 0. The van der Waals surface area contributed by atoms with E-state index in [0.29, 0.717) is 5.82 Å². The molecule has 2 rings (SSSR count). The SMILES string of the molecule is CC(C)(CO)Nc1nc(C(=O)O)cc2ccccc12. The Kier molecular flexibility index (Phi) is 3.40. The molecule has 0 aliphatic carbocycles. The third-order valence-electron chi connectivity index (χ3n) is 2.81. The average Bonchev–Trinajstić information content (AvgIpc) is 2.38. The van der Waals surface area contributed by atoms with Crippen molar-refractivity contribution in [3.8, 4) is 0 Å². The zero-order valence-corrected chi connectivity index (χ0v) is 10.8. The number of nitrogens with one attached hydrogen (secondary N) is 1. The van der Waals surface area contributed by atoms with Crippen molar-refractivity contribution >= 4 is 22.6 Å². The molecule has 0 radical (unpaired) electrons. The molecule has 19 heavy (non-hydrogen) atoms. The van der Waals surface area contributed by atoms with Crippen LogP contribution in [0.4, 0.5) is 5.82 Å². The highest BCUT2D eigenvalue weighted by Crippen LogP contribution is 2.25. The van der Waals surface area contributed by atoms with Crippen molar-refractivity contribution in [2.24, 2.45) is 0 Å². The van der Waals surface area contributed by atoms with Crippen LogP contribution in [0.1, 0.15) is 24.3 Å². The van der Waals surface area contributed by atoms with Crippen LogP contribution in [0.5, 0.6) is 0 Å². The van der Waals surface area contributed by atoms with Crippen molar-refractivity contribution in [1.82, 2.24) is 4.98 Å². The lowest BCUT2D eigenvalue weighted by Crippen LogP contribution is -2.35. The predicted molar refractivity (Wildman–Crippen MR) is 73.5 cm³/mol. The van der Waals surface area contributed by atoms with Crippen LogP contribution in [0.25, 0.3) is 10.8 Å². The number of aliphatic hydroxyl groups excluding tert-OH is 1. The molecule has 0 spiro atoms. The molecule has 5 heteroatoms. The minimum Gasteiger partial charge on any atom is -0.477 e. The molecule has 0 atom stereocenters. The number of fused-ring (bicyclic) bond motifs is 1. The molecule has 0 aliphatic rings. The zero-order chi connectivity index (χ0) is 14.0. The summed E-state index contributed by atoms with van der Waals surface area (Å²) in [5, 5.41) is 23.1. The molecule has 3 N–H and O–H groups in total. The van der Waals surface area contributed by atoms with E-state index in [0.717, 1.165) is 10.8 Å². The van der Waals surface area contributed by atoms with Gasteiger partial charge < -0.3 is 15.5 Å².